The summed E-state index contributed by atoms with van der Waals surface area (Å²) in [6.07, 6.45) is 0. The molecule has 0 atom stereocenters. The van der Waals surface area contributed by atoms with Gasteiger partial charge in [-0.05, 0) is 43.7 Å². The van der Waals surface area contributed by atoms with Gasteiger partial charge in [-0.15, -0.1) is 0 Å². The molecule has 2 rings (SSSR count). The fraction of sp³-hybridized carbons (Fsp3) is 0.278. The van der Waals surface area contributed by atoms with Crippen molar-refractivity contribution in [2.24, 2.45) is 0 Å². The summed E-state index contributed by atoms with van der Waals surface area (Å²) in [6, 6.07) is 9.96. The number of aryl methyl sites for hydroxylation is 2. The molecule has 0 heterocycles. The van der Waals surface area contributed by atoms with Gasteiger partial charge in [-0.1, -0.05) is 17.7 Å². The minimum absolute atomic E-state index is 0.0783. The van der Waals surface area contributed by atoms with Crippen molar-refractivity contribution >= 4 is 21.6 Å². The van der Waals surface area contributed by atoms with Crippen molar-refractivity contribution in [2.75, 3.05) is 26.5 Å². The first-order valence-electron chi connectivity index (χ1n) is 7.66. The number of ether oxygens (including phenoxy) is 1. The predicted octanol–water partition coefficient (Wildman–Crippen LogP) is 2.81. The van der Waals surface area contributed by atoms with Gasteiger partial charge in [-0.3, -0.25) is 4.79 Å². The number of rotatable bonds is 5. The lowest BCUT2D eigenvalue weighted by molar-refractivity contribution is 0.102. The van der Waals surface area contributed by atoms with Crippen LogP contribution in [0.1, 0.15) is 21.5 Å². The number of nitrogens with zero attached hydrogens (tertiary/aromatic N) is 1. The van der Waals surface area contributed by atoms with Gasteiger partial charge in [0.15, 0.2) is 0 Å². The molecule has 0 fully saturated rings. The molecule has 0 aliphatic rings. The zero-order valence-electron chi connectivity index (χ0n) is 15.0. The maximum Gasteiger partial charge on any atom is 0.256 e. The van der Waals surface area contributed by atoms with Crippen molar-refractivity contribution in [1.29, 1.82) is 0 Å². The second-order valence-electron chi connectivity index (χ2n) is 5.92. The van der Waals surface area contributed by atoms with E-state index in [0.29, 0.717) is 17.0 Å². The van der Waals surface area contributed by atoms with Crippen LogP contribution in [0.2, 0.25) is 0 Å². The Balaban J connectivity index is 2.44. The summed E-state index contributed by atoms with van der Waals surface area (Å²) < 4.78 is 31.0. The number of carbonyl (C=O) groups is 1. The third-order valence-electron chi connectivity index (χ3n) is 3.84. The van der Waals surface area contributed by atoms with Crippen LogP contribution >= 0.6 is 0 Å². The number of benzene rings is 2. The van der Waals surface area contributed by atoms with Gasteiger partial charge >= 0.3 is 0 Å². The standard InChI is InChI=1S/C18H22N2O4S/c1-12-6-7-13(2)15(10-12)18(21)19-16-11-14(8-9-17(16)24-5)25(22,23)20(3)4/h6-11H,1-5H3,(H,19,21). The Labute approximate surface area is 148 Å². The summed E-state index contributed by atoms with van der Waals surface area (Å²) in [5.41, 5.74) is 2.63. The van der Waals surface area contributed by atoms with Crippen LogP contribution in [-0.4, -0.2) is 39.8 Å². The Morgan fingerprint density at radius 1 is 1.08 bits per heavy atom. The minimum atomic E-state index is -3.61. The Kier molecular flexibility index (Phi) is 5.49. The Morgan fingerprint density at radius 2 is 1.76 bits per heavy atom. The smallest absolute Gasteiger partial charge is 0.256 e. The van der Waals surface area contributed by atoms with Crippen LogP contribution in [-0.2, 0) is 10.0 Å². The number of sulfonamides is 1. The number of hydrogen-bond acceptors (Lipinski definition) is 4. The summed E-state index contributed by atoms with van der Waals surface area (Å²) in [4.78, 5) is 12.7. The van der Waals surface area contributed by atoms with E-state index in [1.807, 2.05) is 26.0 Å². The monoisotopic (exact) mass is 362 g/mol. The first-order valence-corrected chi connectivity index (χ1v) is 9.10. The fourth-order valence-corrected chi connectivity index (χ4v) is 3.25. The molecule has 2 aromatic carbocycles. The zero-order valence-corrected chi connectivity index (χ0v) is 15.8. The zero-order chi connectivity index (χ0) is 18.8. The van der Waals surface area contributed by atoms with Crippen molar-refractivity contribution in [3.05, 3.63) is 53.1 Å². The fourth-order valence-electron chi connectivity index (χ4n) is 2.33. The molecule has 2 aromatic rings. The Hall–Kier alpha value is -2.38. The van der Waals surface area contributed by atoms with Gasteiger partial charge in [0.1, 0.15) is 5.75 Å². The molecule has 0 aromatic heterocycles. The number of methoxy groups -OCH3 is 1. The van der Waals surface area contributed by atoms with E-state index in [2.05, 4.69) is 5.32 Å². The topological polar surface area (TPSA) is 75.7 Å². The Morgan fingerprint density at radius 3 is 2.36 bits per heavy atom. The summed E-state index contributed by atoms with van der Waals surface area (Å²) in [5, 5.41) is 2.75. The number of nitrogens with one attached hydrogen (secondary N) is 1. The lowest BCUT2D eigenvalue weighted by Gasteiger charge is -2.15. The molecule has 6 nitrogen and oxygen atoms in total. The number of anilines is 1. The molecule has 0 bridgehead atoms. The molecule has 0 spiro atoms. The quantitative estimate of drug-likeness (QED) is 0.887. The molecule has 0 aliphatic heterocycles. The number of amides is 1. The minimum Gasteiger partial charge on any atom is -0.495 e. The predicted molar refractivity (Wildman–Crippen MR) is 97.7 cm³/mol. The second kappa shape index (κ2) is 7.25. The molecule has 0 saturated heterocycles. The number of carbonyl (C=O) groups excluding carboxylic acids is 1. The van der Waals surface area contributed by atoms with Crippen LogP contribution in [0.3, 0.4) is 0 Å². The summed E-state index contributed by atoms with van der Waals surface area (Å²) in [6.45, 7) is 3.75. The summed E-state index contributed by atoms with van der Waals surface area (Å²) >= 11 is 0. The molecule has 7 heteroatoms. The van der Waals surface area contributed by atoms with Gasteiger partial charge in [0.05, 0.1) is 17.7 Å². The second-order valence-corrected chi connectivity index (χ2v) is 8.07. The number of hydrogen-bond donors (Lipinski definition) is 1. The van der Waals surface area contributed by atoms with E-state index in [1.54, 1.807) is 6.07 Å². The lowest BCUT2D eigenvalue weighted by Crippen LogP contribution is -2.22. The van der Waals surface area contributed by atoms with Crippen LogP contribution < -0.4 is 10.1 Å². The van der Waals surface area contributed by atoms with E-state index >= 15 is 0 Å². The van der Waals surface area contributed by atoms with Crippen molar-refractivity contribution in [3.8, 4) is 5.75 Å². The van der Waals surface area contributed by atoms with Gasteiger partial charge < -0.3 is 10.1 Å². The van der Waals surface area contributed by atoms with Crippen LogP contribution in [0.5, 0.6) is 5.75 Å². The molecule has 0 unspecified atom stereocenters. The van der Waals surface area contributed by atoms with Crippen LogP contribution in [0.25, 0.3) is 0 Å². The highest BCUT2D eigenvalue weighted by molar-refractivity contribution is 7.89. The average molecular weight is 362 g/mol. The molecule has 1 N–H and O–H groups in total. The average Bonchev–Trinajstić information content (AvgIpc) is 2.56. The van der Waals surface area contributed by atoms with Crippen molar-refractivity contribution in [3.63, 3.8) is 0 Å². The Bertz CT molecular complexity index is 905. The van der Waals surface area contributed by atoms with Crippen molar-refractivity contribution < 1.29 is 17.9 Å². The third kappa shape index (κ3) is 4.00. The molecule has 134 valence electrons. The molecule has 25 heavy (non-hydrogen) atoms. The SMILES string of the molecule is COc1ccc(S(=O)(=O)N(C)C)cc1NC(=O)c1cc(C)ccc1C. The molecule has 0 radical (unpaired) electrons. The van der Waals surface area contributed by atoms with Gasteiger partial charge in [0, 0.05) is 19.7 Å². The molecule has 1 amide bonds. The molecule has 0 saturated carbocycles. The van der Waals surface area contributed by atoms with E-state index in [9.17, 15) is 13.2 Å². The highest BCUT2D eigenvalue weighted by Gasteiger charge is 2.20. The van der Waals surface area contributed by atoms with E-state index < -0.39 is 10.0 Å². The van der Waals surface area contributed by atoms with E-state index in [4.69, 9.17) is 4.74 Å². The maximum absolute atomic E-state index is 12.6. The molecular formula is C18H22N2O4S. The highest BCUT2D eigenvalue weighted by atomic mass is 32.2. The first kappa shape index (κ1) is 19.0. The van der Waals surface area contributed by atoms with E-state index in [1.165, 1.54) is 39.4 Å². The van der Waals surface area contributed by atoms with Gasteiger partial charge in [0.2, 0.25) is 10.0 Å². The normalized spacial score (nSPS) is 11.4. The van der Waals surface area contributed by atoms with Crippen molar-refractivity contribution in [1.82, 2.24) is 4.31 Å². The summed E-state index contributed by atoms with van der Waals surface area (Å²) in [5.74, 6) is 0.0651. The first-order chi connectivity index (χ1) is 11.7. The lowest BCUT2D eigenvalue weighted by atomic mass is 10.0. The molecular weight excluding hydrogens is 340 g/mol. The van der Waals surface area contributed by atoms with Gasteiger partial charge in [0.25, 0.3) is 5.91 Å². The molecule has 0 aliphatic carbocycles. The van der Waals surface area contributed by atoms with Gasteiger partial charge in [-0.2, -0.15) is 0 Å². The summed E-state index contributed by atoms with van der Waals surface area (Å²) in [7, 11) is 0.753. The largest absolute Gasteiger partial charge is 0.495 e. The van der Waals surface area contributed by atoms with Crippen LogP contribution in [0.4, 0.5) is 5.69 Å². The van der Waals surface area contributed by atoms with E-state index in [0.717, 1.165) is 15.4 Å². The van der Waals surface area contributed by atoms with Crippen molar-refractivity contribution in [2.45, 2.75) is 18.7 Å². The van der Waals surface area contributed by atoms with Gasteiger partial charge in [-0.25, -0.2) is 12.7 Å². The third-order valence-corrected chi connectivity index (χ3v) is 5.65. The van der Waals surface area contributed by atoms with Crippen LogP contribution in [0, 0.1) is 13.8 Å². The van der Waals surface area contributed by atoms with Crippen LogP contribution in [0.15, 0.2) is 41.3 Å². The maximum atomic E-state index is 12.6. The van der Waals surface area contributed by atoms with E-state index in [-0.39, 0.29) is 10.8 Å². The highest BCUT2D eigenvalue weighted by Crippen LogP contribution is 2.29.